The fraction of sp³-hybridized carbons (Fsp3) is 0.692. The van der Waals surface area contributed by atoms with Gasteiger partial charge in [-0.05, 0) is 38.6 Å². The van der Waals surface area contributed by atoms with Crippen LogP contribution in [0.1, 0.15) is 38.5 Å². The van der Waals surface area contributed by atoms with Gasteiger partial charge in [-0.15, -0.1) is 0 Å². The summed E-state index contributed by atoms with van der Waals surface area (Å²) in [6.45, 7) is 0.795. The molecule has 1 N–H and O–H groups in total. The van der Waals surface area contributed by atoms with Gasteiger partial charge in [0.05, 0.1) is 12.5 Å². The first-order valence-electron chi connectivity index (χ1n) is 6.40. The summed E-state index contributed by atoms with van der Waals surface area (Å²) in [5, 5.41) is 3.19. The fourth-order valence-corrected chi connectivity index (χ4v) is 2.45. The minimum atomic E-state index is -0.295. The van der Waals surface area contributed by atoms with Crippen molar-refractivity contribution in [2.45, 2.75) is 44.6 Å². The Labute approximate surface area is 102 Å². The normalized spacial score (nSPS) is 25.4. The van der Waals surface area contributed by atoms with Crippen LogP contribution in [0.25, 0.3) is 0 Å². The van der Waals surface area contributed by atoms with Crippen molar-refractivity contribution in [2.75, 3.05) is 13.6 Å². The van der Waals surface area contributed by atoms with E-state index in [1.54, 1.807) is 7.05 Å². The second kappa shape index (κ2) is 5.45. The number of carbonyl (C=O) groups is 2. The third-order valence-corrected chi connectivity index (χ3v) is 3.60. The van der Waals surface area contributed by atoms with Gasteiger partial charge in [-0.25, -0.2) is 0 Å². The summed E-state index contributed by atoms with van der Waals surface area (Å²) < 4.78 is 0. The lowest BCUT2D eigenvalue weighted by molar-refractivity contribution is -0.137. The molecule has 1 unspecified atom stereocenters. The number of imide groups is 1. The fourth-order valence-electron chi connectivity index (χ4n) is 2.45. The zero-order chi connectivity index (χ0) is 12.3. The molecule has 0 bridgehead atoms. The van der Waals surface area contributed by atoms with Crippen LogP contribution in [-0.2, 0) is 9.59 Å². The van der Waals surface area contributed by atoms with Gasteiger partial charge in [0.2, 0.25) is 11.8 Å². The summed E-state index contributed by atoms with van der Waals surface area (Å²) in [5.41, 5.74) is 1.49. The Morgan fingerprint density at radius 3 is 2.82 bits per heavy atom. The first kappa shape index (κ1) is 12.3. The summed E-state index contributed by atoms with van der Waals surface area (Å²) in [6, 6.07) is -0.295. The third kappa shape index (κ3) is 2.94. The third-order valence-electron chi connectivity index (χ3n) is 3.60. The van der Waals surface area contributed by atoms with E-state index in [1.165, 1.54) is 36.2 Å². The molecular weight excluding hydrogens is 216 g/mol. The van der Waals surface area contributed by atoms with Gasteiger partial charge in [-0.1, -0.05) is 11.6 Å². The van der Waals surface area contributed by atoms with E-state index in [9.17, 15) is 9.59 Å². The number of nitrogens with zero attached hydrogens (tertiary/aromatic N) is 1. The highest BCUT2D eigenvalue weighted by Gasteiger charge is 2.35. The van der Waals surface area contributed by atoms with Crippen molar-refractivity contribution in [1.29, 1.82) is 0 Å². The van der Waals surface area contributed by atoms with Crippen LogP contribution < -0.4 is 5.32 Å². The lowest BCUT2D eigenvalue weighted by atomic mass is 9.97. The number of likely N-dealkylation sites (tertiary alicyclic amines) is 1. The van der Waals surface area contributed by atoms with Crippen LogP contribution in [0.4, 0.5) is 0 Å². The molecule has 0 spiro atoms. The predicted octanol–water partition coefficient (Wildman–Crippen LogP) is 1.22. The van der Waals surface area contributed by atoms with Crippen molar-refractivity contribution < 1.29 is 9.59 Å². The topological polar surface area (TPSA) is 49.4 Å². The molecule has 1 heterocycles. The molecule has 2 rings (SSSR count). The number of hydrogen-bond donors (Lipinski definition) is 1. The van der Waals surface area contributed by atoms with Gasteiger partial charge < -0.3 is 5.32 Å². The molecule has 0 radical (unpaired) electrons. The van der Waals surface area contributed by atoms with Crippen molar-refractivity contribution in [1.82, 2.24) is 10.2 Å². The Kier molecular flexibility index (Phi) is 3.94. The standard InChI is InChI=1S/C13H20N2O2/c1-15-12(16)9-11(13(15)17)14-8-7-10-5-3-2-4-6-10/h5,11,14H,2-4,6-9H2,1H3. The van der Waals surface area contributed by atoms with Crippen LogP contribution in [0.3, 0.4) is 0 Å². The van der Waals surface area contributed by atoms with E-state index >= 15 is 0 Å². The molecule has 4 heteroatoms. The van der Waals surface area contributed by atoms with Crippen LogP contribution in [0.2, 0.25) is 0 Å². The number of rotatable bonds is 4. The number of allylic oxidation sites excluding steroid dienone is 1. The largest absolute Gasteiger partial charge is 0.305 e. The predicted molar refractivity (Wildman–Crippen MR) is 65.4 cm³/mol. The van der Waals surface area contributed by atoms with E-state index in [0.717, 1.165) is 13.0 Å². The van der Waals surface area contributed by atoms with Gasteiger partial charge in [0.15, 0.2) is 0 Å². The van der Waals surface area contributed by atoms with Crippen molar-refractivity contribution in [3.63, 3.8) is 0 Å². The Morgan fingerprint density at radius 2 is 2.24 bits per heavy atom. The minimum absolute atomic E-state index is 0.0793. The van der Waals surface area contributed by atoms with Crippen LogP contribution >= 0.6 is 0 Å². The number of hydrogen-bond acceptors (Lipinski definition) is 3. The summed E-state index contributed by atoms with van der Waals surface area (Å²) in [6.07, 6.45) is 8.61. The molecule has 94 valence electrons. The highest BCUT2D eigenvalue weighted by atomic mass is 16.2. The molecule has 1 fully saturated rings. The first-order chi connectivity index (χ1) is 8.18. The molecule has 1 aliphatic heterocycles. The van der Waals surface area contributed by atoms with Crippen LogP contribution in [-0.4, -0.2) is 36.3 Å². The van der Waals surface area contributed by atoms with Gasteiger partial charge in [0.25, 0.3) is 0 Å². The van der Waals surface area contributed by atoms with Gasteiger partial charge in [-0.2, -0.15) is 0 Å². The SMILES string of the molecule is CN1C(=O)CC(NCCC2=CCCCC2)C1=O. The van der Waals surface area contributed by atoms with Crippen molar-refractivity contribution in [3.8, 4) is 0 Å². The molecular formula is C13H20N2O2. The van der Waals surface area contributed by atoms with Gasteiger partial charge in [0, 0.05) is 7.05 Å². The Balaban J connectivity index is 1.74. The van der Waals surface area contributed by atoms with E-state index in [1.807, 2.05) is 0 Å². The Hall–Kier alpha value is -1.16. The zero-order valence-corrected chi connectivity index (χ0v) is 10.4. The monoisotopic (exact) mass is 236 g/mol. The van der Waals surface area contributed by atoms with E-state index < -0.39 is 0 Å². The van der Waals surface area contributed by atoms with Crippen LogP contribution in [0, 0.1) is 0 Å². The first-order valence-corrected chi connectivity index (χ1v) is 6.40. The van der Waals surface area contributed by atoms with Crippen LogP contribution in [0.15, 0.2) is 11.6 Å². The highest BCUT2D eigenvalue weighted by molar-refractivity contribution is 6.05. The summed E-state index contributed by atoms with van der Waals surface area (Å²) in [5.74, 6) is -0.169. The van der Waals surface area contributed by atoms with E-state index in [0.29, 0.717) is 6.42 Å². The van der Waals surface area contributed by atoms with Gasteiger partial charge in [-0.3, -0.25) is 14.5 Å². The molecule has 2 amide bonds. The van der Waals surface area contributed by atoms with Crippen molar-refractivity contribution in [3.05, 3.63) is 11.6 Å². The molecule has 0 aromatic carbocycles. The summed E-state index contributed by atoms with van der Waals surface area (Å²) >= 11 is 0. The molecule has 2 aliphatic rings. The van der Waals surface area contributed by atoms with E-state index in [-0.39, 0.29) is 17.9 Å². The van der Waals surface area contributed by atoms with E-state index in [2.05, 4.69) is 11.4 Å². The molecule has 17 heavy (non-hydrogen) atoms. The number of amides is 2. The molecule has 0 aromatic rings. The molecule has 1 aliphatic carbocycles. The molecule has 1 atom stereocenters. The summed E-state index contributed by atoms with van der Waals surface area (Å²) in [4.78, 5) is 24.2. The van der Waals surface area contributed by atoms with Crippen molar-refractivity contribution in [2.24, 2.45) is 0 Å². The quantitative estimate of drug-likeness (QED) is 0.590. The lowest BCUT2D eigenvalue weighted by Crippen LogP contribution is -2.37. The molecule has 4 nitrogen and oxygen atoms in total. The maximum Gasteiger partial charge on any atom is 0.246 e. The van der Waals surface area contributed by atoms with Crippen LogP contribution in [0.5, 0.6) is 0 Å². The minimum Gasteiger partial charge on any atom is -0.305 e. The van der Waals surface area contributed by atoms with Crippen molar-refractivity contribution >= 4 is 11.8 Å². The highest BCUT2D eigenvalue weighted by Crippen LogP contribution is 2.19. The molecule has 0 aromatic heterocycles. The Bertz CT molecular complexity index is 349. The van der Waals surface area contributed by atoms with Gasteiger partial charge in [0.1, 0.15) is 0 Å². The number of likely N-dealkylation sites (N-methyl/N-ethyl adjacent to an activating group) is 1. The maximum absolute atomic E-state index is 11.6. The summed E-state index contributed by atoms with van der Waals surface area (Å²) in [7, 11) is 1.55. The lowest BCUT2D eigenvalue weighted by Gasteiger charge is -2.14. The molecule has 1 saturated heterocycles. The van der Waals surface area contributed by atoms with E-state index in [4.69, 9.17) is 0 Å². The maximum atomic E-state index is 11.6. The second-order valence-corrected chi connectivity index (χ2v) is 4.86. The zero-order valence-electron chi connectivity index (χ0n) is 10.4. The average Bonchev–Trinajstić information content (AvgIpc) is 2.59. The van der Waals surface area contributed by atoms with Gasteiger partial charge >= 0.3 is 0 Å². The second-order valence-electron chi connectivity index (χ2n) is 4.86. The smallest absolute Gasteiger partial charge is 0.246 e. The number of carbonyl (C=O) groups excluding carboxylic acids is 2. The molecule has 0 saturated carbocycles. The number of nitrogens with one attached hydrogen (secondary N) is 1. The average molecular weight is 236 g/mol. The Morgan fingerprint density at radius 1 is 1.41 bits per heavy atom.